The molecule has 2 heterocycles. The quantitative estimate of drug-likeness (QED) is 0.747. The Morgan fingerprint density at radius 2 is 2.06 bits per heavy atom. The maximum Gasteiger partial charge on any atom is 0.136 e. The van der Waals surface area contributed by atoms with Gasteiger partial charge in [0.1, 0.15) is 22.9 Å². The van der Waals surface area contributed by atoms with Crippen molar-refractivity contribution < 1.29 is 9.15 Å². The first-order valence-corrected chi connectivity index (χ1v) is 5.56. The minimum atomic E-state index is 0.497. The molecule has 0 aliphatic rings. The number of pyridine rings is 1. The highest BCUT2D eigenvalue weighted by Gasteiger charge is 2.07. The lowest BCUT2D eigenvalue weighted by Gasteiger charge is -1.96. The smallest absolute Gasteiger partial charge is 0.136 e. The number of ether oxygens (including phenoxy) is 1. The molecule has 18 heavy (non-hydrogen) atoms. The van der Waals surface area contributed by atoms with Crippen LogP contribution in [0.25, 0.3) is 22.3 Å². The average molecular weight is 240 g/mol. The minimum absolute atomic E-state index is 0.497. The molecule has 3 rings (SSSR count). The van der Waals surface area contributed by atoms with Crippen LogP contribution in [0.3, 0.4) is 0 Å². The van der Waals surface area contributed by atoms with E-state index in [1.165, 1.54) is 0 Å². The second kappa shape index (κ2) is 4.07. The largest absolute Gasteiger partial charge is 0.497 e. The van der Waals surface area contributed by atoms with Crippen LogP contribution < -0.4 is 10.5 Å². The van der Waals surface area contributed by atoms with Crippen molar-refractivity contribution in [3.05, 3.63) is 42.6 Å². The fourth-order valence-corrected chi connectivity index (χ4v) is 1.84. The van der Waals surface area contributed by atoms with Gasteiger partial charge in [0.05, 0.1) is 7.11 Å². The molecule has 2 N–H and O–H groups in total. The summed E-state index contributed by atoms with van der Waals surface area (Å²) < 4.78 is 10.9. The van der Waals surface area contributed by atoms with Gasteiger partial charge in [-0.1, -0.05) is 0 Å². The third-order valence-corrected chi connectivity index (χ3v) is 2.79. The first-order valence-electron chi connectivity index (χ1n) is 5.56. The Morgan fingerprint density at radius 3 is 2.78 bits per heavy atom. The van der Waals surface area contributed by atoms with Gasteiger partial charge in [0.25, 0.3) is 0 Å². The van der Waals surface area contributed by atoms with Crippen molar-refractivity contribution in [2.45, 2.75) is 0 Å². The van der Waals surface area contributed by atoms with Gasteiger partial charge in [-0.15, -0.1) is 0 Å². The van der Waals surface area contributed by atoms with Crippen molar-refractivity contribution in [2.24, 2.45) is 0 Å². The number of fused-ring (bicyclic) bond motifs is 1. The van der Waals surface area contributed by atoms with E-state index >= 15 is 0 Å². The first-order chi connectivity index (χ1) is 8.76. The maximum absolute atomic E-state index is 5.76. The van der Waals surface area contributed by atoms with Crippen LogP contribution in [0.5, 0.6) is 5.75 Å². The molecule has 0 spiro atoms. The summed E-state index contributed by atoms with van der Waals surface area (Å²) in [7, 11) is 1.64. The Morgan fingerprint density at radius 1 is 1.17 bits per heavy atom. The Bertz CT molecular complexity index is 687. The molecular formula is C14H12N2O2. The molecule has 0 saturated heterocycles. The first kappa shape index (κ1) is 10.7. The van der Waals surface area contributed by atoms with Gasteiger partial charge >= 0.3 is 0 Å². The van der Waals surface area contributed by atoms with Crippen LogP contribution in [0.15, 0.2) is 47.0 Å². The van der Waals surface area contributed by atoms with E-state index in [9.17, 15) is 0 Å². The van der Waals surface area contributed by atoms with E-state index in [4.69, 9.17) is 14.9 Å². The van der Waals surface area contributed by atoms with Crippen molar-refractivity contribution in [3.63, 3.8) is 0 Å². The summed E-state index contributed by atoms with van der Waals surface area (Å²) in [5, 5.41) is 1.00. The highest BCUT2D eigenvalue weighted by atomic mass is 16.5. The van der Waals surface area contributed by atoms with Crippen molar-refractivity contribution in [1.82, 2.24) is 4.98 Å². The summed E-state index contributed by atoms with van der Waals surface area (Å²) in [6.07, 6.45) is 1.70. The third kappa shape index (κ3) is 1.78. The zero-order valence-corrected chi connectivity index (χ0v) is 9.88. The number of rotatable bonds is 2. The van der Waals surface area contributed by atoms with Crippen LogP contribution >= 0.6 is 0 Å². The van der Waals surface area contributed by atoms with Gasteiger partial charge in [-0.25, -0.2) is 4.98 Å². The van der Waals surface area contributed by atoms with Gasteiger partial charge in [0.15, 0.2) is 0 Å². The molecule has 90 valence electrons. The van der Waals surface area contributed by atoms with Crippen molar-refractivity contribution in [1.29, 1.82) is 0 Å². The number of hydrogen-bond acceptors (Lipinski definition) is 4. The number of nitrogens with zero attached hydrogens (tertiary/aromatic N) is 1. The van der Waals surface area contributed by atoms with Crippen molar-refractivity contribution >= 4 is 16.8 Å². The molecule has 0 atom stereocenters. The number of hydrogen-bond donors (Lipinski definition) is 1. The van der Waals surface area contributed by atoms with Crippen LogP contribution in [-0.4, -0.2) is 12.1 Å². The molecule has 0 bridgehead atoms. The maximum atomic E-state index is 5.76. The second-order valence-corrected chi connectivity index (χ2v) is 3.99. The van der Waals surface area contributed by atoms with Crippen molar-refractivity contribution in [2.75, 3.05) is 12.8 Å². The lowest BCUT2D eigenvalue weighted by molar-refractivity contribution is 0.415. The number of aromatic nitrogens is 1. The Labute approximate surface area is 104 Å². The summed E-state index contributed by atoms with van der Waals surface area (Å²) >= 11 is 0. The van der Waals surface area contributed by atoms with Crippen LogP contribution in [-0.2, 0) is 0 Å². The van der Waals surface area contributed by atoms with E-state index in [-0.39, 0.29) is 0 Å². The molecule has 2 aromatic heterocycles. The molecule has 0 radical (unpaired) electrons. The number of nitrogens with two attached hydrogens (primary N) is 1. The minimum Gasteiger partial charge on any atom is -0.497 e. The van der Waals surface area contributed by atoms with E-state index in [2.05, 4.69) is 4.98 Å². The highest BCUT2D eigenvalue weighted by molar-refractivity contribution is 5.84. The van der Waals surface area contributed by atoms with Gasteiger partial charge in [0.2, 0.25) is 0 Å². The molecule has 0 saturated carbocycles. The van der Waals surface area contributed by atoms with E-state index < -0.39 is 0 Å². The third-order valence-electron chi connectivity index (χ3n) is 2.79. The van der Waals surface area contributed by atoms with Crippen LogP contribution in [0.1, 0.15) is 0 Å². The lowest BCUT2D eigenvalue weighted by atomic mass is 10.2. The zero-order valence-electron chi connectivity index (χ0n) is 9.88. The van der Waals surface area contributed by atoms with E-state index in [1.54, 1.807) is 19.4 Å². The Hall–Kier alpha value is -2.49. The fraction of sp³-hybridized carbons (Fsp3) is 0.0714. The van der Waals surface area contributed by atoms with Gasteiger partial charge in [-0.2, -0.15) is 0 Å². The molecule has 0 unspecified atom stereocenters. The molecule has 4 heteroatoms. The lowest BCUT2D eigenvalue weighted by Crippen LogP contribution is -1.87. The molecule has 4 nitrogen and oxygen atoms in total. The number of methoxy groups -OCH3 is 1. The number of anilines is 1. The van der Waals surface area contributed by atoms with Crippen LogP contribution in [0.4, 0.5) is 5.82 Å². The SMILES string of the molecule is COc1ccc2oc(-c3ccc(N)nc3)cc2c1. The molecule has 0 aliphatic carbocycles. The Balaban J connectivity index is 2.10. The monoisotopic (exact) mass is 240 g/mol. The predicted molar refractivity (Wildman–Crippen MR) is 70.4 cm³/mol. The van der Waals surface area contributed by atoms with Gasteiger partial charge in [-0.05, 0) is 36.4 Å². The standard InChI is InChI=1S/C14H12N2O2/c1-17-11-3-4-12-10(6-11)7-13(18-12)9-2-5-14(15)16-8-9/h2-8H,1H3,(H2,15,16). The predicted octanol–water partition coefficient (Wildman–Crippen LogP) is 3.09. The van der Waals surface area contributed by atoms with E-state index in [0.717, 1.165) is 28.0 Å². The van der Waals surface area contributed by atoms with E-state index in [1.807, 2.05) is 30.3 Å². The van der Waals surface area contributed by atoms with Crippen LogP contribution in [0.2, 0.25) is 0 Å². The zero-order chi connectivity index (χ0) is 12.5. The summed E-state index contributed by atoms with van der Waals surface area (Å²) in [5.74, 6) is 2.08. The Kier molecular flexibility index (Phi) is 2.41. The fourth-order valence-electron chi connectivity index (χ4n) is 1.84. The number of nitrogen functional groups attached to an aromatic ring is 1. The number of benzene rings is 1. The van der Waals surface area contributed by atoms with Crippen LogP contribution in [0, 0.1) is 0 Å². The summed E-state index contributed by atoms with van der Waals surface area (Å²) in [5.41, 5.74) is 7.28. The molecule has 3 aromatic rings. The molecule has 0 aliphatic heterocycles. The second-order valence-electron chi connectivity index (χ2n) is 3.99. The number of furan rings is 1. The topological polar surface area (TPSA) is 61.3 Å². The normalized spacial score (nSPS) is 10.7. The van der Waals surface area contributed by atoms with Gasteiger partial charge in [0, 0.05) is 17.1 Å². The molecule has 1 aromatic carbocycles. The van der Waals surface area contributed by atoms with Gasteiger partial charge < -0.3 is 14.9 Å². The molecule has 0 amide bonds. The van der Waals surface area contributed by atoms with Crippen molar-refractivity contribution in [3.8, 4) is 17.1 Å². The van der Waals surface area contributed by atoms with Gasteiger partial charge in [-0.3, -0.25) is 0 Å². The highest BCUT2D eigenvalue weighted by Crippen LogP contribution is 2.29. The summed E-state index contributed by atoms with van der Waals surface area (Å²) in [4.78, 5) is 4.05. The van der Waals surface area contributed by atoms with E-state index in [0.29, 0.717) is 5.82 Å². The summed E-state index contributed by atoms with van der Waals surface area (Å²) in [6.45, 7) is 0. The molecule has 0 fully saturated rings. The average Bonchev–Trinajstić information content (AvgIpc) is 2.82. The summed E-state index contributed by atoms with van der Waals surface area (Å²) in [6, 6.07) is 11.3. The molecular weight excluding hydrogens is 228 g/mol.